The number of allylic oxidation sites excluding steroid dienone is 1. The van der Waals surface area contributed by atoms with Gasteiger partial charge in [0.15, 0.2) is 16.7 Å². The van der Waals surface area contributed by atoms with Gasteiger partial charge in [0.1, 0.15) is 6.61 Å². The second-order valence-corrected chi connectivity index (χ2v) is 7.57. The van der Waals surface area contributed by atoms with E-state index in [4.69, 9.17) is 18.9 Å². The van der Waals surface area contributed by atoms with E-state index in [1.165, 1.54) is 39.2 Å². The number of esters is 1. The van der Waals surface area contributed by atoms with Crippen LogP contribution >= 0.6 is 11.8 Å². The first-order chi connectivity index (χ1) is 14.5. The minimum absolute atomic E-state index is 0.0524. The Hall–Kier alpha value is -2.94. The highest BCUT2D eigenvalue weighted by molar-refractivity contribution is 8.14. The highest BCUT2D eigenvalue weighted by Gasteiger charge is 2.42. The Bertz CT molecular complexity index is 914. The number of ether oxygens (including phenoxy) is 4. The van der Waals surface area contributed by atoms with Crippen molar-refractivity contribution in [3.63, 3.8) is 0 Å². The van der Waals surface area contributed by atoms with Crippen LogP contribution in [0.2, 0.25) is 0 Å². The lowest BCUT2D eigenvalue weighted by molar-refractivity contribution is -0.139. The van der Waals surface area contributed by atoms with E-state index in [2.05, 4.69) is 11.6 Å². The quantitative estimate of drug-likeness (QED) is 0.483. The Morgan fingerprint density at radius 1 is 1.27 bits per heavy atom. The number of nitrogens with zero attached hydrogens (tertiary/aromatic N) is 2. The summed E-state index contributed by atoms with van der Waals surface area (Å²) in [6.07, 6.45) is 1.83. The van der Waals surface area contributed by atoms with Gasteiger partial charge in [0.2, 0.25) is 11.7 Å². The van der Waals surface area contributed by atoms with Crippen molar-refractivity contribution in [3.05, 3.63) is 41.6 Å². The standard InChI is InChI=1S/C21H24N2O6S/c1-6-8-29-20(25)17-12(2)22-21-23(16(24)7-9-30-21)18(17)13-10-14(26-3)19(28-5)15(11-13)27-4/h6,10-11,18H,1,7-9H2,2-5H3/t18-/m0/s1. The molecule has 0 aromatic heterocycles. The minimum atomic E-state index is -0.733. The Balaban J connectivity index is 2.21. The maximum atomic E-state index is 12.9. The van der Waals surface area contributed by atoms with Gasteiger partial charge in [-0.1, -0.05) is 24.4 Å². The van der Waals surface area contributed by atoms with Crippen molar-refractivity contribution in [1.29, 1.82) is 0 Å². The molecule has 160 valence electrons. The van der Waals surface area contributed by atoms with Gasteiger partial charge in [0.25, 0.3) is 0 Å². The van der Waals surface area contributed by atoms with Crippen LogP contribution in [-0.2, 0) is 14.3 Å². The van der Waals surface area contributed by atoms with Crippen molar-refractivity contribution >= 4 is 28.8 Å². The maximum absolute atomic E-state index is 12.9. The van der Waals surface area contributed by atoms with Gasteiger partial charge in [-0.25, -0.2) is 9.79 Å². The molecular formula is C21H24N2O6S. The fourth-order valence-corrected chi connectivity index (χ4v) is 4.45. The summed E-state index contributed by atoms with van der Waals surface area (Å²) < 4.78 is 21.7. The molecule has 0 N–H and O–H groups in total. The zero-order valence-corrected chi connectivity index (χ0v) is 18.2. The Morgan fingerprint density at radius 3 is 2.50 bits per heavy atom. The van der Waals surface area contributed by atoms with Gasteiger partial charge >= 0.3 is 5.97 Å². The molecule has 2 aliphatic rings. The molecule has 1 atom stereocenters. The van der Waals surface area contributed by atoms with E-state index in [0.29, 0.717) is 45.9 Å². The molecule has 0 saturated carbocycles. The zero-order valence-electron chi connectivity index (χ0n) is 17.4. The molecule has 1 amide bonds. The predicted octanol–water partition coefficient (Wildman–Crippen LogP) is 3.09. The minimum Gasteiger partial charge on any atom is -0.493 e. The monoisotopic (exact) mass is 432 g/mol. The molecule has 1 saturated heterocycles. The number of carbonyl (C=O) groups is 2. The van der Waals surface area contributed by atoms with E-state index in [-0.39, 0.29) is 18.1 Å². The number of carbonyl (C=O) groups excluding carboxylic acids is 2. The summed E-state index contributed by atoms with van der Waals surface area (Å²) in [5.41, 5.74) is 1.40. The number of aliphatic imine (C=N–C) groups is 1. The van der Waals surface area contributed by atoms with Gasteiger partial charge in [-0.3, -0.25) is 9.69 Å². The molecule has 0 bridgehead atoms. The third-order valence-corrected chi connectivity index (χ3v) is 5.72. The Kier molecular flexibility index (Phi) is 6.71. The molecule has 0 unspecified atom stereocenters. The molecule has 30 heavy (non-hydrogen) atoms. The molecule has 0 aliphatic carbocycles. The van der Waals surface area contributed by atoms with Crippen LogP contribution in [0.15, 0.2) is 41.1 Å². The van der Waals surface area contributed by atoms with Crippen molar-refractivity contribution in [1.82, 2.24) is 4.90 Å². The number of rotatable bonds is 7. The molecule has 0 spiro atoms. The van der Waals surface area contributed by atoms with Crippen LogP contribution < -0.4 is 14.2 Å². The average Bonchev–Trinajstić information content (AvgIpc) is 2.75. The van der Waals surface area contributed by atoms with E-state index in [1.54, 1.807) is 24.0 Å². The number of benzene rings is 1. The molecule has 2 heterocycles. The molecule has 3 rings (SSSR count). The maximum Gasteiger partial charge on any atom is 0.338 e. The van der Waals surface area contributed by atoms with Crippen LogP contribution in [0.1, 0.15) is 24.9 Å². The third kappa shape index (κ3) is 3.89. The topological polar surface area (TPSA) is 86.7 Å². The van der Waals surface area contributed by atoms with Gasteiger partial charge in [-0.05, 0) is 24.6 Å². The summed E-state index contributed by atoms with van der Waals surface area (Å²) >= 11 is 1.48. The van der Waals surface area contributed by atoms with Crippen LogP contribution in [0.5, 0.6) is 17.2 Å². The van der Waals surface area contributed by atoms with Gasteiger partial charge in [0, 0.05) is 12.2 Å². The van der Waals surface area contributed by atoms with E-state index in [0.717, 1.165) is 0 Å². The number of hydrogen-bond donors (Lipinski definition) is 0. The van der Waals surface area contributed by atoms with Crippen molar-refractivity contribution < 1.29 is 28.5 Å². The van der Waals surface area contributed by atoms with Crippen LogP contribution in [0.25, 0.3) is 0 Å². The largest absolute Gasteiger partial charge is 0.493 e. The molecule has 1 aromatic carbocycles. The molecule has 9 heteroatoms. The molecule has 8 nitrogen and oxygen atoms in total. The highest BCUT2D eigenvalue weighted by Crippen LogP contribution is 2.45. The van der Waals surface area contributed by atoms with Crippen molar-refractivity contribution in [3.8, 4) is 17.2 Å². The summed E-state index contributed by atoms with van der Waals surface area (Å²) in [5, 5.41) is 0.558. The Morgan fingerprint density at radius 2 is 1.93 bits per heavy atom. The molecule has 1 aromatic rings. The summed E-state index contributed by atoms with van der Waals surface area (Å²) in [7, 11) is 4.53. The van der Waals surface area contributed by atoms with Crippen molar-refractivity contribution in [2.45, 2.75) is 19.4 Å². The second kappa shape index (κ2) is 9.25. The number of amides is 1. The first kappa shape index (κ1) is 21.8. The van der Waals surface area contributed by atoms with Crippen molar-refractivity contribution in [2.75, 3.05) is 33.7 Å². The highest BCUT2D eigenvalue weighted by atomic mass is 32.2. The van der Waals surface area contributed by atoms with Gasteiger partial charge in [0.05, 0.1) is 38.6 Å². The number of hydrogen-bond acceptors (Lipinski definition) is 8. The molecular weight excluding hydrogens is 408 g/mol. The number of methoxy groups -OCH3 is 3. The third-order valence-electron chi connectivity index (χ3n) is 4.76. The summed E-state index contributed by atoms with van der Waals surface area (Å²) in [4.78, 5) is 31.9. The average molecular weight is 432 g/mol. The summed E-state index contributed by atoms with van der Waals surface area (Å²) in [6.45, 7) is 5.37. The fourth-order valence-electron chi connectivity index (χ4n) is 3.44. The van der Waals surface area contributed by atoms with Gasteiger partial charge in [-0.2, -0.15) is 0 Å². The molecule has 0 radical (unpaired) electrons. The number of fused-ring (bicyclic) bond motifs is 1. The van der Waals surface area contributed by atoms with Gasteiger partial charge < -0.3 is 18.9 Å². The smallest absolute Gasteiger partial charge is 0.338 e. The predicted molar refractivity (Wildman–Crippen MR) is 114 cm³/mol. The van der Waals surface area contributed by atoms with E-state index in [9.17, 15) is 9.59 Å². The number of amidine groups is 1. The van der Waals surface area contributed by atoms with Crippen LogP contribution in [-0.4, -0.2) is 55.6 Å². The lowest BCUT2D eigenvalue weighted by atomic mass is 9.93. The van der Waals surface area contributed by atoms with Crippen LogP contribution in [0.4, 0.5) is 0 Å². The molecule has 2 aliphatic heterocycles. The van der Waals surface area contributed by atoms with Crippen LogP contribution in [0.3, 0.4) is 0 Å². The first-order valence-corrected chi connectivity index (χ1v) is 10.3. The van der Waals surface area contributed by atoms with Crippen molar-refractivity contribution in [2.24, 2.45) is 4.99 Å². The Labute approximate surface area is 179 Å². The van der Waals surface area contributed by atoms with Crippen LogP contribution in [0, 0.1) is 0 Å². The van der Waals surface area contributed by atoms with Gasteiger partial charge in [-0.15, -0.1) is 0 Å². The second-order valence-electron chi connectivity index (χ2n) is 6.50. The SMILES string of the molecule is C=CCOC(=O)C1=C(C)N=C2SCCC(=O)N2[C@H]1c1cc(OC)c(OC)c(OC)c1. The summed E-state index contributed by atoms with van der Waals surface area (Å²) in [5.74, 6) is 1.22. The van der Waals surface area contributed by atoms with E-state index >= 15 is 0 Å². The van der Waals surface area contributed by atoms with E-state index in [1.807, 2.05) is 0 Å². The lowest BCUT2D eigenvalue weighted by Crippen LogP contribution is -2.45. The lowest BCUT2D eigenvalue weighted by Gasteiger charge is -2.39. The molecule has 1 fully saturated rings. The zero-order chi connectivity index (χ0) is 21.8. The number of thioether (sulfide) groups is 1. The first-order valence-electron chi connectivity index (χ1n) is 9.29. The normalized spacial score (nSPS) is 18.4. The fraction of sp³-hybridized carbons (Fsp3) is 0.381. The summed E-state index contributed by atoms with van der Waals surface area (Å²) in [6, 6.07) is 2.73. The van der Waals surface area contributed by atoms with E-state index < -0.39 is 12.0 Å².